The third-order valence-electron chi connectivity index (χ3n) is 2.53. The largest absolute Gasteiger partial charge is 0.360 e. The molecule has 5 heteroatoms. The van der Waals surface area contributed by atoms with Gasteiger partial charge in [0.25, 0.3) is 0 Å². The van der Waals surface area contributed by atoms with Crippen molar-refractivity contribution < 1.29 is 0 Å². The first-order valence-corrected chi connectivity index (χ1v) is 6.15. The van der Waals surface area contributed by atoms with Gasteiger partial charge in [0.15, 0.2) is 0 Å². The quantitative estimate of drug-likeness (QED) is 0.659. The van der Waals surface area contributed by atoms with Gasteiger partial charge in [-0.3, -0.25) is 0 Å². The van der Waals surface area contributed by atoms with Crippen molar-refractivity contribution in [2.24, 2.45) is 10.2 Å². The van der Waals surface area contributed by atoms with E-state index in [2.05, 4.69) is 15.5 Å². The summed E-state index contributed by atoms with van der Waals surface area (Å²) < 4.78 is 0. The molecule has 0 fully saturated rings. The Kier molecular flexibility index (Phi) is 4.81. The fourth-order valence-electron chi connectivity index (χ4n) is 1.48. The third-order valence-corrected chi connectivity index (χ3v) is 2.53. The number of anilines is 1. The average molecular weight is 273 g/mol. The first-order chi connectivity index (χ1) is 10.3. The van der Waals surface area contributed by atoms with Gasteiger partial charge < -0.3 is 5.32 Å². The molecule has 2 aromatic rings. The van der Waals surface area contributed by atoms with Crippen molar-refractivity contribution in [2.45, 2.75) is 0 Å². The van der Waals surface area contributed by atoms with Crippen LogP contribution < -0.4 is 5.32 Å². The van der Waals surface area contributed by atoms with Crippen molar-refractivity contribution in [1.29, 1.82) is 10.5 Å². The number of nitrogens with one attached hydrogen (secondary N) is 1. The summed E-state index contributed by atoms with van der Waals surface area (Å²) in [6.45, 7) is 0. The van der Waals surface area contributed by atoms with Gasteiger partial charge in [-0.05, 0) is 36.4 Å². The number of rotatable bonds is 4. The molecular weight excluding hydrogens is 262 g/mol. The van der Waals surface area contributed by atoms with E-state index in [1.165, 1.54) is 6.20 Å². The zero-order valence-electron chi connectivity index (χ0n) is 11.1. The SMILES string of the molecule is N#CC(C#N)=CNc1ccc(N=Nc2ccccc2)cc1. The van der Waals surface area contributed by atoms with Crippen LogP contribution >= 0.6 is 0 Å². The maximum atomic E-state index is 8.62. The second kappa shape index (κ2) is 7.22. The topological polar surface area (TPSA) is 84.3 Å². The van der Waals surface area contributed by atoms with Crippen LogP contribution in [0.3, 0.4) is 0 Å². The minimum absolute atomic E-state index is 0.0165. The summed E-state index contributed by atoms with van der Waals surface area (Å²) in [4.78, 5) is 0. The highest BCUT2D eigenvalue weighted by atomic mass is 15.1. The molecule has 1 N–H and O–H groups in total. The molecule has 0 amide bonds. The minimum Gasteiger partial charge on any atom is -0.360 e. The number of azo groups is 1. The van der Waals surface area contributed by atoms with Gasteiger partial charge in [-0.15, -0.1) is 0 Å². The summed E-state index contributed by atoms with van der Waals surface area (Å²) in [6.07, 6.45) is 1.36. The molecule has 0 heterocycles. The minimum atomic E-state index is 0.0165. The lowest BCUT2D eigenvalue weighted by molar-refractivity contribution is 1.23. The number of hydrogen-bond acceptors (Lipinski definition) is 5. The Morgan fingerprint density at radius 2 is 1.43 bits per heavy atom. The van der Waals surface area contributed by atoms with E-state index in [0.29, 0.717) is 5.69 Å². The lowest BCUT2D eigenvalue weighted by Gasteiger charge is -2.00. The van der Waals surface area contributed by atoms with Gasteiger partial charge in [0.1, 0.15) is 17.7 Å². The van der Waals surface area contributed by atoms with Crippen LogP contribution in [0.2, 0.25) is 0 Å². The first-order valence-electron chi connectivity index (χ1n) is 6.15. The van der Waals surface area contributed by atoms with Crippen LogP contribution in [0.4, 0.5) is 17.1 Å². The number of allylic oxidation sites excluding steroid dienone is 1. The van der Waals surface area contributed by atoms with E-state index >= 15 is 0 Å². The van der Waals surface area contributed by atoms with Gasteiger partial charge in [-0.1, -0.05) is 18.2 Å². The number of benzene rings is 2. The molecule has 2 aromatic carbocycles. The molecule has 0 aromatic heterocycles. The molecule has 0 bridgehead atoms. The highest BCUT2D eigenvalue weighted by Gasteiger charge is 1.94. The number of nitrogens with zero attached hydrogens (tertiary/aromatic N) is 4. The van der Waals surface area contributed by atoms with Gasteiger partial charge in [0, 0.05) is 11.9 Å². The van der Waals surface area contributed by atoms with Crippen molar-refractivity contribution in [3.05, 3.63) is 66.4 Å². The Morgan fingerprint density at radius 3 is 2.00 bits per heavy atom. The summed E-state index contributed by atoms with van der Waals surface area (Å²) >= 11 is 0. The highest BCUT2D eigenvalue weighted by Crippen LogP contribution is 2.20. The van der Waals surface area contributed by atoms with Crippen molar-refractivity contribution in [3.8, 4) is 12.1 Å². The fraction of sp³-hybridized carbons (Fsp3) is 0. The second-order valence-corrected chi connectivity index (χ2v) is 4.01. The molecule has 0 aliphatic heterocycles. The summed E-state index contributed by atoms with van der Waals surface area (Å²) in [6, 6.07) is 20.2. The highest BCUT2D eigenvalue weighted by molar-refractivity contribution is 5.54. The summed E-state index contributed by atoms with van der Waals surface area (Å²) in [7, 11) is 0. The van der Waals surface area contributed by atoms with Crippen LogP contribution in [0.1, 0.15) is 0 Å². The van der Waals surface area contributed by atoms with Crippen LogP contribution in [-0.4, -0.2) is 0 Å². The van der Waals surface area contributed by atoms with E-state index in [1.807, 2.05) is 30.3 Å². The molecule has 0 saturated carbocycles. The molecule has 0 aliphatic carbocycles. The Bertz CT molecular complexity index is 715. The lowest BCUT2D eigenvalue weighted by Crippen LogP contribution is -1.88. The summed E-state index contributed by atoms with van der Waals surface area (Å²) in [5.74, 6) is 0. The molecule has 5 nitrogen and oxygen atoms in total. The summed E-state index contributed by atoms with van der Waals surface area (Å²) in [5, 5.41) is 28.3. The zero-order chi connectivity index (χ0) is 14.9. The van der Waals surface area contributed by atoms with Gasteiger partial charge in [-0.2, -0.15) is 20.8 Å². The molecule has 21 heavy (non-hydrogen) atoms. The predicted molar refractivity (Wildman–Crippen MR) is 80.0 cm³/mol. The normalized spacial score (nSPS) is 9.62. The van der Waals surface area contributed by atoms with Crippen LogP contribution in [0.15, 0.2) is 76.6 Å². The molecule has 0 unspecified atom stereocenters. The van der Waals surface area contributed by atoms with Crippen molar-refractivity contribution in [3.63, 3.8) is 0 Å². The summed E-state index contributed by atoms with van der Waals surface area (Å²) in [5.41, 5.74) is 2.28. The molecule has 0 saturated heterocycles. The van der Waals surface area contributed by atoms with E-state index in [9.17, 15) is 0 Å². The monoisotopic (exact) mass is 273 g/mol. The number of hydrogen-bond donors (Lipinski definition) is 1. The van der Waals surface area contributed by atoms with Gasteiger partial charge in [0.2, 0.25) is 0 Å². The van der Waals surface area contributed by atoms with Crippen LogP contribution in [-0.2, 0) is 0 Å². The van der Waals surface area contributed by atoms with E-state index < -0.39 is 0 Å². The van der Waals surface area contributed by atoms with Crippen molar-refractivity contribution in [1.82, 2.24) is 0 Å². The van der Waals surface area contributed by atoms with Crippen LogP contribution in [0.5, 0.6) is 0 Å². The second-order valence-electron chi connectivity index (χ2n) is 4.01. The maximum absolute atomic E-state index is 8.62. The predicted octanol–water partition coefficient (Wildman–Crippen LogP) is 4.44. The molecular formula is C16H11N5. The van der Waals surface area contributed by atoms with E-state index in [0.717, 1.165) is 11.4 Å². The standard InChI is InChI=1S/C16H11N5/c17-10-13(11-18)12-19-14-6-8-16(9-7-14)21-20-15-4-2-1-3-5-15/h1-9,12,19H. The Balaban J connectivity index is 2.03. The first kappa shape index (κ1) is 14.0. The Morgan fingerprint density at radius 1 is 0.857 bits per heavy atom. The van der Waals surface area contributed by atoms with Crippen molar-refractivity contribution in [2.75, 3.05) is 5.32 Å². The molecule has 100 valence electrons. The van der Waals surface area contributed by atoms with Gasteiger partial charge >= 0.3 is 0 Å². The fourth-order valence-corrected chi connectivity index (χ4v) is 1.48. The van der Waals surface area contributed by atoms with Crippen LogP contribution in [0.25, 0.3) is 0 Å². The van der Waals surface area contributed by atoms with E-state index in [1.54, 1.807) is 36.4 Å². The van der Waals surface area contributed by atoms with Gasteiger partial charge in [0.05, 0.1) is 11.4 Å². The van der Waals surface area contributed by atoms with E-state index in [4.69, 9.17) is 10.5 Å². The molecule has 2 rings (SSSR count). The lowest BCUT2D eigenvalue weighted by atomic mass is 10.3. The molecule has 0 aliphatic rings. The average Bonchev–Trinajstić information content (AvgIpc) is 2.56. The molecule has 0 atom stereocenters. The third kappa shape index (κ3) is 4.30. The number of nitriles is 2. The van der Waals surface area contributed by atoms with Crippen LogP contribution in [0, 0.1) is 22.7 Å². The maximum Gasteiger partial charge on any atom is 0.145 e. The molecule has 0 radical (unpaired) electrons. The van der Waals surface area contributed by atoms with Crippen molar-refractivity contribution >= 4 is 17.1 Å². The Hall–Kier alpha value is -3.44. The molecule has 0 spiro atoms. The smallest absolute Gasteiger partial charge is 0.145 e. The van der Waals surface area contributed by atoms with Gasteiger partial charge in [-0.25, -0.2) is 0 Å². The van der Waals surface area contributed by atoms with E-state index in [-0.39, 0.29) is 5.57 Å². The Labute approximate surface area is 122 Å². The zero-order valence-corrected chi connectivity index (χ0v) is 11.1.